The van der Waals surface area contributed by atoms with Crippen molar-refractivity contribution >= 4 is 5.91 Å². The zero-order valence-corrected chi connectivity index (χ0v) is 12.4. The third-order valence-electron chi connectivity index (χ3n) is 4.89. The Morgan fingerprint density at radius 2 is 2.00 bits per heavy atom. The molecule has 3 aliphatic rings. The minimum absolute atomic E-state index is 0.222. The van der Waals surface area contributed by atoms with Gasteiger partial charge in [-0.2, -0.15) is 0 Å². The summed E-state index contributed by atoms with van der Waals surface area (Å²) >= 11 is 0. The van der Waals surface area contributed by atoms with Crippen molar-refractivity contribution in [2.45, 2.75) is 31.7 Å². The van der Waals surface area contributed by atoms with Gasteiger partial charge in [-0.25, -0.2) is 0 Å². The number of morpholine rings is 1. The minimum atomic E-state index is 0.222. The van der Waals surface area contributed by atoms with E-state index >= 15 is 0 Å². The summed E-state index contributed by atoms with van der Waals surface area (Å²) in [5.74, 6) is 0.619. The molecule has 0 aromatic rings. The molecule has 0 spiro atoms. The lowest BCUT2D eigenvalue weighted by molar-refractivity contribution is -0.139. The molecule has 2 atom stereocenters. The van der Waals surface area contributed by atoms with E-state index < -0.39 is 0 Å². The van der Waals surface area contributed by atoms with E-state index in [2.05, 4.69) is 15.1 Å². The van der Waals surface area contributed by atoms with E-state index in [0.717, 1.165) is 58.9 Å². The second-order valence-corrected chi connectivity index (χ2v) is 6.28. The normalized spacial score (nSPS) is 32.5. The van der Waals surface area contributed by atoms with Crippen molar-refractivity contribution in [1.29, 1.82) is 0 Å². The first kappa shape index (κ1) is 14.3. The van der Waals surface area contributed by atoms with Crippen LogP contribution in [0.15, 0.2) is 0 Å². The number of nitrogens with zero attached hydrogens (tertiary/aromatic N) is 2. The van der Waals surface area contributed by atoms with Crippen molar-refractivity contribution in [3.8, 4) is 0 Å². The van der Waals surface area contributed by atoms with Gasteiger partial charge in [-0.3, -0.25) is 9.69 Å². The van der Waals surface area contributed by atoms with Gasteiger partial charge >= 0.3 is 0 Å². The molecule has 0 aromatic heterocycles. The van der Waals surface area contributed by atoms with Crippen LogP contribution in [-0.4, -0.2) is 74.2 Å². The molecule has 5 heteroatoms. The standard InChI is InChI=1S/C15H27N3O2/c19-15(13-4-5-16-11-13)18-6-2-1-3-14(18)12-17-7-9-20-10-8-17/h13-14,16H,1-12H2. The third kappa shape index (κ3) is 3.32. The number of piperidine rings is 1. The van der Waals surface area contributed by atoms with Crippen molar-refractivity contribution in [2.75, 3.05) is 52.5 Å². The summed E-state index contributed by atoms with van der Waals surface area (Å²) in [6.45, 7) is 7.59. The molecule has 0 bridgehead atoms. The van der Waals surface area contributed by atoms with E-state index in [4.69, 9.17) is 4.74 Å². The van der Waals surface area contributed by atoms with Gasteiger partial charge in [0.2, 0.25) is 5.91 Å². The molecule has 114 valence electrons. The van der Waals surface area contributed by atoms with Crippen LogP contribution in [0.2, 0.25) is 0 Å². The average Bonchev–Trinajstić information content (AvgIpc) is 3.02. The van der Waals surface area contributed by atoms with Crippen molar-refractivity contribution in [1.82, 2.24) is 15.1 Å². The maximum Gasteiger partial charge on any atom is 0.227 e. The topological polar surface area (TPSA) is 44.8 Å². The van der Waals surface area contributed by atoms with Crippen molar-refractivity contribution < 1.29 is 9.53 Å². The van der Waals surface area contributed by atoms with Gasteiger partial charge in [0.05, 0.1) is 19.1 Å². The van der Waals surface area contributed by atoms with Gasteiger partial charge < -0.3 is 15.0 Å². The van der Waals surface area contributed by atoms with Crippen LogP contribution in [0.1, 0.15) is 25.7 Å². The summed E-state index contributed by atoms with van der Waals surface area (Å²) < 4.78 is 5.41. The largest absolute Gasteiger partial charge is 0.379 e. The lowest BCUT2D eigenvalue weighted by Crippen LogP contribution is -2.53. The Kier molecular flexibility index (Phi) is 4.91. The smallest absolute Gasteiger partial charge is 0.227 e. The Morgan fingerprint density at radius 3 is 2.75 bits per heavy atom. The van der Waals surface area contributed by atoms with E-state index in [1.807, 2.05) is 0 Å². The Morgan fingerprint density at radius 1 is 1.15 bits per heavy atom. The molecule has 5 nitrogen and oxygen atoms in total. The molecule has 0 radical (unpaired) electrons. The fourth-order valence-corrected chi connectivity index (χ4v) is 3.66. The monoisotopic (exact) mass is 281 g/mol. The average molecular weight is 281 g/mol. The van der Waals surface area contributed by atoms with E-state index in [9.17, 15) is 4.79 Å². The second-order valence-electron chi connectivity index (χ2n) is 6.28. The number of nitrogens with one attached hydrogen (secondary N) is 1. The van der Waals surface area contributed by atoms with Crippen LogP contribution in [0.25, 0.3) is 0 Å². The Hall–Kier alpha value is -0.650. The molecular weight excluding hydrogens is 254 g/mol. The van der Waals surface area contributed by atoms with Crippen LogP contribution in [-0.2, 0) is 9.53 Å². The van der Waals surface area contributed by atoms with Crippen molar-refractivity contribution in [3.63, 3.8) is 0 Å². The molecule has 0 aromatic carbocycles. The van der Waals surface area contributed by atoms with Crippen LogP contribution in [0.3, 0.4) is 0 Å². The highest BCUT2D eigenvalue weighted by atomic mass is 16.5. The molecule has 2 unspecified atom stereocenters. The van der Waals surface area contributed by atoms with Crippen molar-refractivity contribution in [2.24, 2.45) is 5.92 Å². The van der Waals surface area contributed by atoms with Gasteiger partial charge in [0.25, 0.3) is 0 Å². The molecular formula is C15H27N3O2. The van der Waals surface area contributed by atoms with Crippen LogP contribution < -0.4 is 5.32 Å². The van der Waals surface area contributed by atoms with E-state index in [1.54, 1.807) is 0 Å². The van der Waals surface area contributed by atoms with Crippen molar-refractivity contribution in [3.05, 3.63) is 0 Å². The maximum absolute atomic E-state index is 12.7. The molecule has 3 saturated heterocycles. The summed E-state index contributed by atoms with van der Waals surface area (Å²) in [5.41, 5.74) is 0. The first-order valence-electron chi connectivity index (χ1n) is 8.16. The summed E-state index contributed by atoms with van der Waals surface area (Å²) in [6.07, 6.45) is 4.62. The predicted molar refractivity (Wildman–Crippen MR) is 77.6 cm³/mol. The number of carbonyl (C=O) groups is 1. The Bertz CT molecular complexity index is 325. The highest BCUT2D eigenvalue weighted by molar-refractivity contribution is 5.79. The molecule has 3 aliphatic heterocycles. The molecule has 0 saturated carbocycles. The van der Waals surface area contributed by atoms with Gasteiger partial charge in [0.15, 0.2) is 0 Å². The highest BCUT2D eigenvalue weighted by Crippen LogP contribution is 2.22. The molecule has 3 heterocycles. The summed E-state index contributed by atoms with van der Waals surface area (Å²) in [6, 6.07) is 0.426. The summed E-state index contributed by atoms with van der Waals surface area (Å²) in [7, 11) is 0. The van der Waals surface area contributed by atoms with Crippen LogP contribution in [0.5, 0.6) is 0 Å². The SMILES string of the molecule is O=C(C1CCNC1)N1CCCCC1CN1CCOCC1. The zero-order valence-electron chi connectivity index (χ0n) is 12.4. The molecule has 3 rings (SSSR count). The number of amides is 1. The fraction of sp³-hybridized carbons (Fsp3) is 0.933. The zero-order chi connectivity index (χ0) is 13.8. The lowest BCUT2D eigenvalue weighted by atomic mass is 9.98. The van der Waals surface area contributed by atoms with Crippen LogP contribution in [0, 0.1) is 5.92 Å². The number of rotatable bonds is 3. The van der Waals surface area contributed by atoms with Gasteiger partial charge in [-0.15, -0.1) is 0 Å². The van der Waals surface area contributed by atoms with Gasteiger partial charge in [0, 0.05) is 38.8 Å². The quantitative estimate of drug-likeness (QED) is 0.809. The molecule has 0 aliphatic carbocycles. The molecule has 1 N–H and O–H groups in total. The first-order valence-corrected chi connectivity index (χ1v) is 8.16. The van der Waals surface area contributed by atoms with Gasteiger partial charge in [-0.05, 0) is 32.2 Å². The molecule has 3 fully saturated rings. The number of ether oxygens (including phenoxy) is 1. The summed E-state index contributed by atoms with van der Waals surface area (Å²) in [5, 5.41) is 3.31. The summed E-state index contributed by atoms with van der Waals surface area (Å²) in [4.78, 5) is 17.4. The van der Waals surface area contributed by atoms with Crippen LogP contribution >= 0.6 is 0 Å². The van der Waals surface area contributed by atoms with E-state index in [-0.39, 0.29) is 5.92 Å². The number of hydrogen-bond donors (Lipinski definition) is 1. The Labute approximate surface area is 121 Å². The van der Waals surface area contributed by atoms with E-state index in [1.165, 1.54) is 19.3 Å². The second kappa shape index (κ2) is 6.87. The van der Waals surface area contributed by atoms with E-state index in [0.29, 0.717) is 11.9 Å². The third-order valence-corrected chi connectivity index (χ3v) is 4.89. The van der Waals surface area contributed by atoms with Crippen LogP contribution in [0.4, 0.5) is 0 Å². The fourth-order valence-electron chi connectivity index (χ4n) is 3.66. The Balaban J connectivity index is 1.59. The number of likely N-dealkylation sites (tertiary alicyclic amines) is 1. The maximum atomic E-state index is 12.7. The lowest BCUT2D eigenvalue weighted by Gasteiger charge is -2.40. The minimum Gasteiger partial charge on any atom is -0.379 e. The molecule has 20 heavy (non-hydrogen) atoms. The number of hydrogen-bond acceptors (Lipinski definition) is 4. The van der Waals surface area contributed by atoms with Gasteiger partial charge in [0.1, 0.15) is 0 Å². The first-order chi connectivity index (χ1) is 9.84. The number of carbonyl (C=O) groups excluding carboxylic acids is 1. The molecule has 1 amide bonds. The van der Waals surface area contributed by atoms with Gasteiger partial charge in [-0.1, -0.05) is 0 Å². The highest BCUT2D eigenvalue weighted by Gasteiger charge is 2.33. The predicted octanol–water partition coefficient (Wildman–Crippen LogP) is 0.309.